The lowest BCUT2D eigenvalue weighted by Gasteiger charge is -2.34. The fourth-order valence-corrected chi connectivity index (χ4v) is 5.49. The lowest BCUT2D eigenvalue weighted by atomic mass is 9.99. The molecular formula is C24H29N3O4S. The maximum Gasteiger partial charge on any atom is 0.260 e. The molecule has 0 aliphatic carbocycles. The monoisotopic (exact) mass is 455 g/mol. The summed E-state index contributed by atoms with van der Waals surface area (Å²) in [6, 6.07) is 11.3. The number of carbonyl (C=O) groups is 1. The van der Waals surface area contributed by atoms with Crippen molar-refractivity contribution in [1.29, 1.82) is 0 Å². The van der Waals surface area contributed by atoms with Gasteiger partial charge in [0.2, 0.25) is 0 Å². The van der Waals surface area contributed by atoms with E-state index in [-0.39, 0.29) is 24.6 Å². The highest BCUT2D eigenvalue weighted by molar-refractivity contribution is 7.22. The molecule has 2 N–H and O–H groups in total. The number of thiazole rings is 1. The first-order valence-corrected chi connectivity index (χ1v) is 11.7. The minimum atomic E-state index is -0.219. The predicted octanol–water partition coefficient (Wildman–Crippen LogP) is 3.77. The topological polar surface area (TPSA) is 83.9 Å². The first-order chi connectivity index (χ1) is 15.6. The lowest BCUT2D eigenvalue weighted by Crippen LogP contribution is -2.51. The molecule has 0 bridgehead atoms. The van der Waals surface area contributed by atoms with Crippen molar-refractivity contribution >= 4 is 32.6 Å². The molecule has 4 rings (SSSR count). The Morgan fingerprint density at radius 3 is 2.75 bits per heavy atom. The van der Waals surface area contributed by atoms with Gasteiger partial charge < -0.3 is 19.9 Å². The number of anilines is 1. The SMILES string of the molecule is COc1ccc(C(=O)N(c2nc3ccccc3s2)C(CCO)C2CCCN2)c(C)c1OC. The zero-order valence-electron chi connectivity index (χ0n) is 18.6. The first kappa shape index (κ1) is 22.5. The Morgan fingerprint density at radius 2 is 2.09 bits per heavy atom. The normalized spacial score (nSPS) is 16.8. The number of nitrogens with one attached hydrogen (secondary N) is 1. The second-order valence-corrected chi connectivity index (χ2v) is 8.90. The Kier molecular flexibility index (Phi) is 6.93. The molecule has 2 heterocycles. The van der Waals surface area contributed by atoms with Gasteiger partial charge in [-0.3, -0.25) is 9.69 Å². The number of ether oxygens (including phenoxy) is 2. The molecule has 2 atom stereocenters. The number of fused-ring (bicyclic) bond motifs is 1. The minimum absolute atomic E-state index is 0.0115. The number of aliphatic hydroxyl groups excluding tert-OH is 1. The summed E-state index contributed by atoms with van der Waals surface area (Å²) >= 11 is 1.49. The van der Waals surface area contributed by atoms with Gasteiger partial charge in [0.15, 0.2) is 16.6 Å². The predicted molar refractivity (Wildman–Crippen MR) is 127 cm³/mol. The van der Waals surface area contributed by atoms with Crippen molar-refractivity contribution in [3.05, 3.63) is 47.5 Å². The second kappa shape index (κ2) is 9.85. The van der Waals surface area contributed by atoms with E-state index in [9.17, 15) is 9.90 Å². The quantitative estimate of drug-likeness (QED) is 0.538. The minimum Gasteiger partial charge on any atom is -0.493 e. The fourth-order valence-electron chi connectivity index (χ4n) is 4.47. The third kappa shape index (κ3) is 4.18. The molecule has 1 aromatic heterocycles. The molecule has 1 aliphatic heterocycles. The molecular weight excluding hydrogens is 426 g/mol. The Bertz CT molecular complexity index is 1060. The zero-order valence-corrected chi connectivity index (χ0v) is 19.4. The molecule has 1 aliphatic rings. The second-order valence-electron chi connectivity index (χ2n) is 7.90. The van der Waals surface area contributed by atoms with Crippen molar-refractivity contribution in [3.8, 4) is 11.5 Å². The molecule has 0 saturated carbocycles. The molecule has 8 heteroatoms. The van der Waals surface area contributed by atoms with Crippen molar-refractivity contribution < 1.29 is 19.4 Å². The van der Waals surface area contributed by atoms with Crippen molar-refractivity contribution in [1.82, 2.24) is 10.3 Å². The molecule has 170 valence electrons. The summed E-state index contributed by atoms with van der Waals surface area (Å²) in [4.78, 5) is 20.6. The van der Waals surface area contributed by atoms with Crippen molar-refractivity contribution in [2.75, 3.05) is 32.3 Å². The van der Waals surface area contributed by atoms with Crippen LogP contribution in [0.2, 0.25) is 0 Å². The maximum absolute atomic E-state index is 14.1. The van der Waals surface area contributed by atoms with Gasteiger partial charge in [-0.25, -0.2) is 4.98 Å². The van der Waals surface area contributed by atoms with E-state index in [1.54, 1.807) is 31.3 Å². The average Bonchev–Trinajstić information content (AvgIpc) is 3.48. The van der Waals surface area contributed by atoms with Crippen molar-refractivity contribution in [2.24, 2.45) is 0 Å². The van der Waals surface area contributed by atoms with Gasteiger partial charge in [-0.05, 0) is 57.0 Å². The maximum atomic E-state index is 14.1. The molecule has 3 aromatic rings. The van der Waals surface area contributed by atoms with Crippen LogP contribution in [-0.2, 0) is 0 Å². The van der Waals surface area contributed by atoms with Gasteiger partial charge in [0.25, 0.3) is 5.91 Å². The molecule has 2 unspecified atom stereocenters. The van der Waals surface area contributed by atoms with Crippen LogP contribution in [0.5, 0.6) is 11.5 Å². The van der Waals surface area contributed by atoms with Gasteiger partial charge >= 0.3 is 0 Å². The summed E-state index contributed by atoms with van der Waals surface area (Å²) in [6.07, 6.45) is 2.46. The number of aromatic nitrogens is 1. The highest BCUT2D eigenvalue weighted by atomic mass is 32.1. The van der Waals surface area contributed by atoms with E-state index in [2.05, 4.69) is 5.32 Å². The third-order valence-electron chi connectivity index (χ3n) is 6.05. The number of amides is 1. The van der Waals surface area contributed by atoms with Gasteiger partial charge in [0.1, 0.15) is 0 Å². The fraction of sp³-hybridized carbons (Fsp3) is 0.417. The summed E-state index contributed by atoms with van der Waals surface area (Å²) in [7, 11) is 3.15. The van der Waals surface area contributed by atoms with E-state index in [0.29, 0.717) is 34.2 Å². The van der Waals surface area contributed by atoms with Crippen LogP contribution in [0, 0.1) is 6.92 Å². The van der Waals surface area contributed by atoms with Gasteiger partial charge in [0.05, 0.1) is 30.5 Å². The number of hydrogen-bond donors (Lipinski definition) is 2. The van der Waals surface area contributed by atoms with Gasteiger partial charge in [-0.15, -0.1) is 0 Å². The van der Waals surface area contributed by atoms with E-state index >= 15 is 0 Å². The molecule has 0 spiro atoms. The van der Waals surface area contributed by atoms with Gasteiger partial charge in [-0.1, -0.05) is 23.5 Å². The van der Waals surface area contributed by atoms with E-state index in [4.69, 9.17) is 14.5 Å². The van der Waals surface area contributed by atoms with Crippen LogP contribution in [0.3, 0.4) is 0 Å². The summed E-state index contributed by atoms with van der Waals surface area (Å²) in [5.41, 5.74) is 2.10. The standard InChI is InChI=1S/C24H29N3O4S/c1-15-16(10-11-20(30-2)22(15)31-3)23(29)27(19(12-14-28)17-8-6-13-25-17)24-26-18-7-4-5-9-21(18)32-24/h4-5,7,9-11,17,19,25,28H,6,8,12-14H2,1-3H3. The van der Waals surface area contributed by atoms with Crippen LogP contribution < -0.4 is 19.7 Å². The van der Waals surface area contributed by atoms with Gasteiger partial charge in [0, 0.05) is 23.8 Å². The number of benzene rings is 2. The van der Waals surface area contributed by atoms with Crippen molar-refractivity contribution in [3.63, 3.8) is 0 Å². The van der Waals surface area contributed by atoms with E-state index in [1.807, 2.05) is 31.2 Å². The zero-order chi connectivity index (χ0) is 22.7. The van der Waals surface area contributed by atoms with E-state index in [1.165, 1.54) is 11.3 Å². The Balaban J connectivity index is 1.84. The smallest absolute Gasteiger partial charge is 0.260 e. The van der Waals surface area contributed by atoms with Crippen LogP contribution in [-0.4, -0.2) is 55.5 Å². The molecule has 2 aromatic carbocycles. The number of aliphatic hydroxyl groups is 1. The van der Waals surface area contributed by atoms with Crippen LogP contribution >= 0.6 is 11.3 Å². The number of nitrogens with zero attached hydrogens (tertiary/aromatic N) is 2. The summed E-state index contributed by atoms with van der Waals surface area (Å²) in [5, 5.41) is 14.0. The number of methoxy groups -OCH3 is 2. The molecule has 0 radical (unpaired) electrons. The number of carbonyl (C=O) groups excluding carboxylic acids is 1. The number of hydrogen-bond acceptors (Lipinski definition) is 7. The van der Waals surface area contributed by atoms with Crippen LogP contribution in [0.1, 0.15) is 35.2 Å². The van der Waals surface area contributed by atoms with Crippen molar-refractivity contribution in [2.45, 2.75) is 38.3 Å². The summed E-state index contributed by atoms with van der Waals surface area (Å²) in [5.74, 6) is 0.965. The van der Waals surface area contributed by atoms with Crippen LogP contribution in [0.25, 0.3) is 10.2 Å². The molecule has 1 saturated heterocycles. The summed E-state index contributed by atoms with van der Waals surface area (Å²) in [6.45, 7) is 2.76. The Morgan fingerprint density at radius 1 is 1.28 bits per heavy atom. The Labute approximate surface area is 192 Å². The van der Waals surface area contributed by atoms with E-state index in [0.717, 1.165) is 29.6 Å². The average molecular weight is 456 g/mol. The molecule has 1 fully saturated rings. The largest absolute Gasteiger partial charge is 0.493 e. The van der Waals surface area contributed by atoms with Crippen LogP contribution in [0.4, 0.5) is 5.13 Å². The van der Waals surface area contributed by atoms with E-state index < -0.39 is 0 Å². The van der Waals surface area contributed by atoms with Crippen LogP contribution in [0.15, 0.2) is 36.4 Å². The highest BCUT2D eigenvalue weighted by Gasteiger charge is 2.36. The Hall–Kier alpha value is -2.68. The highest BCUT2D eigenvalue weighted by Crippen LogP contribution is 2.37. The first-order valence-electron chi connectivity index (χ1n) is 10.8. The lowest BCUT2D eigenvalue weighted by molar-refractivity contribution is 0.0965. The summed E-state index contributed by atoms with van der Waals surface area (Å²) < 4.78 is 12.0. The molecule has 1 amide bonds. The number of rotatable bonds is 8. The molecule has 32 heavy (non-hydrogen) atoms. The molecule has 7 nitrogen and oxygen atoms in total. The third-order valence-corrected chi connectivity index (χ3v) is 7.09. The van der Waals surface area contributed by atoms with Gasteiger partial charge in [-0.2, -0.15) is 0 Å². The number of para-hydroxylation sites is 1.